The van der Waals surface area contributed by atoms with Crippen molar-refractivity contribution in [2.45, 2.75) is 23.5 Å². The molecule has 8 heteroatoms. The van der Waals surface area contributed by atoms with Crippen LogP contribution in [-0.2, 0) is 24.4 Å². The Balaban J connectivity index is 1.23. The van der Waals surface area contributed by atoms with Gasteiger partial charge in [0.05, 0.1) is 18.6 Å². The van der Waals surface area contributed by atoms with E-state index in [-0.39, 0.29) is 31.3 Å². The number of allylic oxidation sites excluding steroid dienone is 3. The maximum absolute atomic E-state index is 12.1. The van der Waals surface area contributed by atoms with E-state index in [4.69, 9.17) is 28.4 Å². The maximum atomic E-state index is 12.1. The van der Waals surface area contributed by atoms with Crippen LogP contribution >= 0.6 is 0 Å². The molecule has 206 valence electrons. The Labute approximate surface area is 236 Å². The summed E-state index contributed by atoms with van der Waals surface area (Å²) in [6.07, 6.45) is 4.52. The first kappa shape index (κ1) is 25.4. The lowest BCUT2D eigenvalue weighted by molar-refractivity contribution is 0.0911. The molecule has 2 aliphatic carbocycles. The van der Waals surface area contributed by atoms with Gasteiger partial charge in [0, 0.05) is 11.5 Å². The Hall–Kier alpha value is -4.62. The molecule has 2 fully saturated rings. The molecule has 3 aromatic carbocycles. The van der Waals surface area contributed by atoms with E-state index < -0.39 is 17.7 Å². The van der Waals surface area contributed by atoms with E-state index in [0.29, 0.717) is 24.7 Å². The van der Waals surface area contributed by atoms with Gasteiger partial charge in [-0.3, -0.25) is 0 Å². The molecular formula is C33H26O8. The van der Waals surface area contributed by atoms with Gasteiger partial charge >= 0.3 is 12.3 Å². The van der Waals surface area contributed by atoms with Gasteiger partial charge in [0.25, 0.3) is 0 Å². The van der Waals surface area contributed by atoms with Crippen LogP contribution in [0.25, 0.3) is 0 Å². The van der Waals surface area contributed by atoms with E-state index in [1.807, 2.05) is 48.6 Å². The van der Waals surface area contributed by atoms with Crippen molar-refractivity contribution in [3.8, 4) is 11.5 Å². The van der Waals surface area contributed by atoms with Crippen molar-refractivity contribution in [3.05, 3.63) is 125 Å². The van der Waals surface area contributed by atoms with Gasteiger partial charge in [-0.2, -0.15) is 0 Å². The normalized spacial score (nSPS) is 24.5. The summed E-state index contributed by atoms with van der Waals surface area (Å²) in [5, 5.41) is 0. The Morgan fingerprint density at radius 2 is 1.32 bits per heavy atom. The van der Waals surface area contributed by atoms with Crippen LogP contribution in [0.3, 0.4) is 0 Å². The highest BCUT2D eigenvalue weighted by atomic mass is 16.7. The molecule has 2 saturated heterocycles. The fourth-order valence-corrected chi connectivity index (χ4v) is 5.58. The van der Waals surface area contributed by atoms with Gasteiger partial charge in [-0.15, -0.1) is 5.73 Å². The minimum atomic E-state index is -0.768. The highest BCUT2D eigenvalue weighted by molar-refractivity contribution is 5.71. The molecule has 2 aliphatic heterocycles. The topological polar surface area (TPSA) is 96.1 Å². The highest BCUT2D eigenvalue weighted by Gasteiger charge is 2.50. The van der Waals surface area contributed by atoms with Gasteiger partial charge in [-0.1, -0.05) is 60.7 Å². The number of fused-ring (bicyclic) bond motifs is 3. The SMILES string of the molecule is O=C(OCC1CO1)Oc1ccc(C2(c3ccc(OC(=O)OCC4CO4)cc3)C3=C=CC=CC3c3ccccc32)cc1. The van der Waals surface area contributed by atoms with Crippen molar-refractivity contribution >= 4 is 12.3 Å². The molecule has 41 heavy (non-hydrogen) atoms. The molecule has 0 spiro atoms. The number of ether oxygens (including phenoxy) is 6. The van der Waals surface area contributed by atoms with E-state index in [1.165, 1.54) is 5.56 Å². The molecule has 2 heterocycles. The number of rotatable bonds is 8. The Kier molecular flexibility index (Phi) is 6.44. The first-order valence-corrected chi connectivity index (χ1v) is 13.5. The van der Waals surface area contributed by atoms with Crippen LogP contribution in [-0.4, -0.2) is 50.9 Å². The van der Waals surface area contributed by atoms with Crippen LogP contribution in [0.4, 0.5) is 9.59 Å². The lowest BCUT2D eigenvalue weighted by Crippen LogP contribution is -2.29. The summed E-state index contributed by atoms with van der Waals surface area (Å²) in [4.78, 5) is 24.3. The lowest BCUT2D eigenvalue weighted by Gasteiger charge is -2.34. The number of hydrogen-bond donors (Lipinski definition) is 0. The molecular weight excluding hydrogens is 524 g/mol. The van der Waals surface area contributed by atoms with E-state index in [1.54, 1.807) is 24.3 Å². The Bertz CT molecular complexity index is 1500. The summed E-state index contributed by atoms with van der Waals surface area (Å²) in [6.45, 7) is 1.55. The molecule has 0 aromatic heterocycles. The minimum absolute atomic E-state index is 0.0363. The van der Waals surface area contributed by atoms with Crippen LogP contribution < -0.4 is 9.47 Å². The van der Waals surface area contributed by atoms with Crippen molar-refractivity contribution in [3.63, 3.8) is 0 Å². The second kappa shape index (κ2) is 10.4. The number of carbonyl (C=O) groups excluding carboxylic acids is 2. The fraction of sp³-hybridized carbons (Fsp3) is 0.242. The molecule has 3 atom stereocenters. The van der Waals surface area contributed by atoms with Crippen LogP contribution in [0.15, 0.2) is 102 Å². The average Bonchev–Trinajstić information content (AvgIpc) is 3.94. The first-order chi connectivity index (χ1) is 20.1. The van der Waals surface area contributed by atoms with E-state index in [9.17, 15) is 9.59 Å². The van der Waals surface area contributed by atoms with E-state index in [2.05, 4.69) is 23.9 Å². The molecule has 0 bridgehead atoms. The smallest absolute Gasteiger partial charge is 0.431 e. The summed E-state index contributed by atoms with van der Waals surface area (Å²) in [7, 11) is 0. The maximum Gasteiger partial charge on any atom is 0.513 e. The third kappa shape index (κ3) is 4.93. The number of carbonyl (C=O) groups is 2. The second-order valence-electron chi connectivity index (χ2n) is 10.2. The molecule has 8 nitrogen and oxygen atoms in total. The lowest BCUT2D eigenvalue weighted by atomic mass is 9.67. The predicted molar refractivity (Wildman–Crippen MR) is 146 cm³/mol. The Morgan fingerprint density at radius 3 is 1.85 bits per heavy atom. The zero-order valence-corrected chi connectivity index (χ0v) is 22.0. The fourth-order valence-electron chi connectivity index (χ4n) is 5.58. The van der Waals surface area contributed by atoms with Gasteiger partial charge in [0.2, 0.25) is 0 Å². The van der Waals surface area contributed by atoms with Crippen LogP contribution in [0.1, 0.15) is 28.2 Å². The van der Waals surface area contributed by atoms with Gasteiger partial charge in [0.15, 0.2) is 0 Å². The highest BCUT2D eigenvalue weighted by Crippen LogP contribution is 2.58. The van der Waals surface area contributed by atoms with Crippen molar-refractivity contribution in [2.75, 3.05) is 26.4 Å². The van der Waals surface area contributed by atoms with E-state index in [0.717, 1.165) is 22.3 Å². The second-order valence-corrected chi connectivity index (χ2v) is 10.2. The van der Waals surface area contributed by atoms with Crippen molar-refractivity contribution in [1.82, 2.24) is 0 Å². The van der Waals surface area contributed by atoms with Crippen LogP contribution in [0, 0.1) is 0 Å². The number of epoxide rings is 2. The summed E-state index contributed by atoms with van der Waals surface area (Å²) >= 11 is 0. The molecule has 7 rings (SSSR count). The molecule has 0 amide bonds. The largest absolute Gasteiger partial charge is 0.513 e. The van der Waals surface area contributed by atoms with Gasteiger partial charge in [-0.25, -0.2) is 9.59 Å². The summed E-state index contributed by atoms with van der Waals surface area (Å²) < 4.78 is 31.1. The molecule has 4 aliphatic rings. The van der Waals surface area contributed by atoms with Crippen molar-refractivity contribution < 1.29 is 38.0 Å². The predicted octanol–water partition coefficient (Wildman–Crippen LogP) is 5.60. The third-order valence-electron chi connectivity index (χ3n) is 7.61. The molecule has 3 aromatic rings. The van der Waals surface area contributed by atoms with Gasteiger partial charge in [0.1, 0.15) is 36.9 Å². The number of hydrogen-bond acceptors (Lipinski definition) is 8. The van der Waals surface area contributed by atoms with Crippen molar-refractivity contribution in [2.24, 2.45) is 0 Å². The van der Waals surface area contributed by atoms with Gasteiger partial charge in [-0.05, 0) is 52.6 Å². The Morgan fingerprint density at radius 1 is 0.780 bits per heavy atom. The third-order valence-corrected chi connectivity index (χ3v) is 7.61. The van der Waals surface area contributed by atoms with Gasteiger partial charge < -0.3 is 28.4 Å². The summed E-state index contributed by atoms with van der Waals surface area (Å²) in [6, 6.07) is 23.3. The van der Waals surface area contributed by atoms with E-state index >= 15 is 0 Å². The zero-order valence-electron chi connectivity index (χ0n) is 22.0. The minimum Gasteiger partial charge on any atom is -0.431 e. The molecule has 0 N–H and O–H groups in total. The zero-order chi connectivity index (χ0) is 27.8. The monoisotopic (exact) mass is 550 g/mol. The average molecular weight is 551 g/mol. The summed E-state index contributed by atoms with van der Waals surface area (Å²) in [5.74, 6) is 0.794. The molecule has 3 unspecified atom stereocenters. The first-order valence-electron chi connectivity index (χ1n) is 13.5. The summed E-state index contributed by atoms with van der Waals surface area (Å²) in [5.41, 5.74) is 8.21. The number of benzene rings is 3. The standard InChI is InChI=1S/C33H26O8/c34-31(38-19-25-17-36-25)40-23-13-9-21(10-14-23)33(29-7-3-1-5-27(29)28-6-2-4-8-30(28)33)22-11-15-24(16-12-22)41-32(35)39-20-26-18-37-26/h1-7,9-16,25-26,28H,17-20H2. The quantitative estimate of drug-likeness (QED) is 0.155. The van der Waals surface area contributed by atoms with Crippen molar-refractivity contribution in [1.29, 1.82) is 0 Å². The van der Waals surface area contributed by atoms with Crippen LogP contribution in [0.5, 0.6) is 11.5 Å². The molecule has 0 saturated carbocycles. The van der Waals surface area contributed by atoms with Crippen LogP contribution in [0.2, 0.25) is 0 Å². The molecule has 0 radical (unpaired) electrons.